The minimum absolute atomic E-state index is 0.886. The molecule has 1 aliphatic rings. The lowest BCUT2D eigenvalue weighted by atomic mass is 10.0. The summed E-state index contributed by atoms with van der Waals surface area (Å²) in [5.74, 6) is 0. The smallest absolute Gasteiger partial charge is 0.135 e. The third-order valence-electron chi connectivity index (χ3n) is 9.23. The molecule has 0 unspecified atom stereocenters. The maximum atomic E-state index is 6.18. The normalized spacial score (nSPS) is 11.8. The van der Waals surface area contributed by atoms with Crippen LogP contribution in [0.4, 0.5) is 17.1 Å². The summed E-state index contributed by atoms with van der Waals surface area (Å²) in [4.78, 5) is 8.78. The van der Waals surface area contributed by atoms with Crippen LogP contribution in [0.1, 0.15) is 0 Å². The second kappa shape index (κ2) is 10.3. The van der Waals surface area contributed by atoms with Crippen molar-refractivity contribution in [2.45, 2.75) is 0 Å². The van der Waals surface area contributed by atoms with E-state index in [1.807, 2.05) is 12.1 Å². The van der Waals surface area contributed by atoms with E-state index in [2.05, 4.69) is 150 Å². The van der Waals surface area contributed by atoms with Gasteiger partial charge in [-0.1, -0.05) is 97.1 Å². The van der Waals surface area contributed by atoms with E-state index in [9.17, 15) is 0 Å². The number of nitrogens with zero attached hydrogens (tertiary/aromatic N) is 2. The summed E-state index contributed by atoms with van der Waals surface area (Å²) in [6.07, 6.45) is 0. The quantitative estimate of drug-likeness (QED) is 0.192. The van der Waals surface area contributed by atoms with Crippen molar-refractivity contribution in [3.8, 4) is 43.4 Å². The Hall–Kier alpha value is -5.97. The first-order valence-electron chi connectivity index (χ1n) is 15.8. The molecule has 10 rings (SSSR count). The van der Waals surface area contributed by atoms with Gasteiger partial charge in [0.05, 0.1) is 10.6 Å². The molecule has 0 bridgehead atoms. The average molecular weight is 619 g/mol. The van der Waals surface area contributed by atoms with E-state index in [0.29, 0.717) is 0 Å². The number of hydrogen-bond acceptors (Lipinski definition) is 4. The maximum Gasteiger partial charge on any atom is 0.135 e. The minimum atomic E-state index is 0.886. The monoisotopic (exact) mass is 618 g/mol. The summed E-state index contributed by atoms with van der Waals surface area (Å²) in [5, 5.41) is 5.85. The SMILES string of the molecule is c1ccc(-c2cccc(N(c3ccc(-c4nc5c(s4)-c4cccc6cccc-5c46)cc3)c3ccc4oc5ccccc5c4c3)c2)cc1. The standard InChI is InChI=1S/C43H26N2OS/c1-2-9-27(10-3-1)30-13-6-14-32(25-30)45(33-23-24-39-37(26-33)34-15-4-5-18-38(34)46-39)31-21-19-29(20-22-31)43-44-41-35-16-7-11-28-12-8-17-36(40(28)35)42(41)47-43/h1-26H. The van der Waals surface area contributed by atoms with Crippen molar-refractivity contribution < 1.29 is 4.42 Å². The molecule has 0 aliphatic heterocycles. The number of benzene rings is 7. The summed E-state index contributed by atoms with van der Waals surface area (Å²) < 4.78 is 6.18. The second-order valence-electron chi connectivity index (χ2n) is 12.0. The van der Waals surface area contributed by atoms with Crippen LogP contribution in [0, 0.1) is 0 Å². The van der Waals surface area contributed by atoms with Gasteiger partial charge in [-0.15, -0.1) is 11.3 Å². The molecule has 0 saturated heterocycles. The Morgan fingerprint density at radius 2 is 1.19 bits per heavy atom. The summed E-state index contributed by atoms with van der Waals surface area (Å²) in [5.41, 5.74) is 12.1. The highest BCUT2D eigenvalue weighted by Gasteiger charge is 2.26. The Morgan fingerprint density at radius 1 is 0.489 bits per heavy atom. The summed E-state index contributed by atoms with van der Waals surface area (Å²) in [6, 6.07) is 56.0. The molecule has 0 atom stereocenters. The van der Waals surface area contributed by atoms with Gasteiger partial charge in [0.15, 0.2) is 0 Å². The molecule has 1 aliphatic carbocycles. The molecule has 0 radical (unpaired) electrons. The summed E-state index contributed by atoms with van der Waals surface area (Å²) in [6.45, 7) is 0. The first kappa shape index (κ1) is 26.3. The van der Waals surface area contributed by atoms with Crippen LogP contribution in [0.15, 0.2) is 162 Å². The molecule has 4 heteroatoms. The number of aromatic nitrogens is 1. The van der Waals surface area contributed by atoms with Crippen LogP contribution in [-0.4, -0.2) is 4.98 Å². The Morgan fingerprint density at radius 3 is 2.06 bits per heavy atom. The van der Waals surface area contributed by atoms with Crippen molar-refractivity contribution in [1.29, 1.82) is 0 Å². The van der Waals surface area contributed by atoms with Gasteiger partial charge in [0, 0.05) is 44.5 Å². The molecule has 0 saturated carbocycles. The van der Waals surface area contributed by atoms with Gasteiger partial charge in [0.1, 0.15) is 16.2 Å². The predicted molar refractivity (Wildman–Crippen MR) is 197 cm³/mol. The molecule has 220 valence electrons. The van der Waals surface area contributed by atoms with Crippen LogP contribution in [0.25, 0.3) is 76.1 Å². The first-order valence-corrected chi connectivity index (χ1v) is 16.6. The zero-order chi connectivity index (χ0) is 30.9. The van der Waals surface area contributed by atoms with Gasteiger partial charge in [-0.05, 0) is 82.6 Å². The number of fused-ring (bicyclic) bond motifs is 6. The van der Waals surface area contributed by atoms with E-state index in [4.69, 9.17) is 9.40 Å². The lowest BCUT2D eigenvalue weighted by Gasteiger charge is -2.26. The number of hydrogen-bond donors (Lipinski definition) is 0. The van der Waals surface area contributed by atoms with Gasteiger partial charge in [-0.2, -0.15) is 0 Å². The molecule has 3 nitrogen and oxygen atoms in total. The first-order chi connectivity index (χ1) is 23.3. The molecular formula is C43H26N2OS. The largest absolute Gasteiger partial charge is 0.456 e. The molecule has 2 aromatic heterocycles. The highest BCUT2D eigenvalue weighted by Crippen LogP contribution is 2.51. The topological polar surface area (TPSA) is 29.3 Å². The van der Waals surface area contributed by atoms with Crippen LogP contribution >= 0.6 is 11.3 Å². The molecule has 47 heavy (non-hydrogen) atoms. The number of thiazole rings is 1. The van der Waals surface area contributed by atoms with Gasteiger partial charge in [0.25, 0.3) is 0 Å². The Balaban J connectivity index is 1.09. The van der Waals surface area contributed by atoms with Crippen LogP contribution in [0.3, 0.4) is 0 Å². The van der Waals surface area contributed by atoms with Crippen molar-refractivity contribution >= 4 is 61.1 Å². The Labute approximate surface area is 275 Å². The van der Waals surface area contributed by atoms with E-state index < -0.39 is 0 Å². The van der Waals surface area contributed by atoms with Gasteiger partial charge in [-0.3, -0.25) is 0 Å². The van der Waals surface area contributed by atoms with Crippen molar-refractivity contribution in [2.75, 3.05) is 4.90 Å². The third-order valence-corrected chi connectivity index (χ3v) is 10.4. The Bertz CT molecular complexity index is 2580. The molecule has 0 fully saturated rings. The van der Waals surface area contributed by atoms with E-state index in [1.54, 1.807) is 11.3 Å². The van der Waals surface area contributed by atoms with Crippen LogP contribution < -0.4 is 4.90 Å². The molecule has 7 aromatic carbocycles. The predicted octanol–water partition coefficient (Wildman–Crippen LogP) is 12.6. The third kappa shape index (κ3) is 4.16. The number of rotatable bonds is 5. The molecule has 0 spiro atoms. The molecule has 0 amide bonds. The zero-order valence-electron chi connectivity index (χ0n) is 25.2. The van der Waals surface area contributed by atoms with Crippen LogP contribution in [-0.2, 0) is 0 Å². The second-order valence-corrected chi connectivity index (χ2v) is 13.0. The zero-order valence-corrected chi connectivity index (χ0v) is 26.0. The average Bonchev–Trinajstić information content (AvgIpc) is 3.82. The van der Waals surface area contributed by atoms with Crippen molar-refractivity contribution in [3.05, 3.63) is 158 Å². The van der Waals surface area contributed by atoms with Gasteiger partial charge < -0.3 is 9.32 Å². The van der Waals surface area contributed by atoms with Crippen LogP contribution in [0.5, 0.6) is 0 Å². The fourth-order valence-electron chi connectivity index (χ4n) is 7.04. The maximum absolute atomic E-state index is 6.18. The molecule has 9 aromatic rings. The highest BCUT2D eigenvalue weighted by atomic mass is 32.1. The molecule has 0 N–H and O–H groups in total. The lowest BCUT2D eigenvalue weighted by Crippen LogP contribution is -2.10. The van der Waals surface area contributed by atoms with E-state index >= 15 is 0 Å². The van der Waals surface area contributed by atoms with Crippen molar-refractivity contribution in [2.24, 2.45) is 0 Å². The number of anilines is 3. The molecular weight excluding hydrogens is 593 g/mol. The van der Waals surface area contributed by atoms with Crippen LogP contribution in [0.2, 0.25) is 0 Å². The Kier molecular flexibility index (Phi) is 5.74. The lowest BCUT2D eigenvalue weighted by molar-refractivity contribution is 0.669. The fourth-order valence-corrected chi connectivity index (χ4v) is 8.16. The van der Waals surface area contributed by atoms with Gasteiger partial charge in [-0.25, -0.2) is 4.98 Å². The number of furan rings is 1. The van der Waals surface area contributed by atoms with Gasteiger partial charge >= 0.3 is 0 Å². The van der Waals surface area contributed by atoms with E-state index in [-0.39, 0.29) is 0 Å². The fraction of sp³-hybridized carbons (Fsp3) is 0. The van der Waals surface area contributed by atoms with E-state index in [1.165, 1.54) is 37.9 Å². The van der Waals surface area contributed by atoms with Crippen molar-refractivity contribution in [3.63, 3.8) is 0 Å². The van der Waals surface area contributed by atoms with Gasteiger partial charge in [0.2, 0.25) is 0 Å². The summed E-state index contributed by atoms with van der Waals surface area (Å²) >= 11 is 1.78. The van der Waals surface area contributed by atoms with E-state index in [0.717, 1.165) is 55.3 Å². The van der Waals surface area contributed by atoms with Crippen molar-refractivity contribution in [1.82, 2.24) is 4.98 Å². The number of para-hydroxylation sites is 1. The minimum Gasteiger partial charge on any atom is -0.456 e. The highest BCUT2D eigenvalue weighted by molar-refractivity contribution is 7.19. The molecule has 2 heterocycles. The summed E-state index contributed by atoms with van der Waals surface area (Å²) in [7, 11) is 0.